The maximum Gasteiger partial charge on any atom is 0.569 e. The van der Waals surface area contributed by atoms with Gasteiger partial charge in [-0.25, -0.2) is 0 Å². The Kier molecular flexibility index (Phi) is 3.93. The maximum atomic E-state index is 12.2. The van der Waals surface area contributed by atoms with E-state index in [1.807, 2.05) is 0 Å². The van der Waals surface area contributed by atoms with Crippen LogP contribution in [0, 0.1) is 0 Å². The van der Waals surface area contributed by atoms with Crippen LogP contribution < -0.4 is 4.65 Å². The summed E-state index contributed by atoms with van der Waals surface area (Å²) in [7, 11) is 0.583. The minimum absolute atomic E-state index is 0.250. The van der Waals surface area contributed by atoms with E-state index in [9.17, 15) is 9.59 Å². The van der Waals surface area contributed by atoms with E-state index in [0.717, 1.165) is 0 Å². The van der Waals surface area contributed by atoms with Gasteiger partial charge in [0.25, 0.3) is 11.8 Å². The lowest BCUT2D eigenvalue weighted by Gasteiger charge is -2.13. The van der Waals surface area contributed by atoms with Gasteiger partial charge >= 0.3 is 7.69 Å². The summed E-state index contributed by atoms with van der Waals surface area (Å²) in [5, 5.41) is 12.6. The van der Waals surface area contributed by atoms with Gasteiger partial charge in [-0.2, -0.15) is 5.10 Å². The predicted molar refractivity (Wildman–Crippen MR) is 77.3 cm³/mol. The smallest absolute Gasteiger partial charge is 0.535 e. The molecule has 1 N–H and O–H groups in total. The number of imide groups is 1. The van der Waals surface area contributed by atoms with Gasteiger partial charge in [0.2, 0.25) is 0 Å². The van der Waals surface area contributed by atoms with E-state index >= 15 is 0 Å². The van der Waals surface area contributed by atoms with E-state index in [1.165, 1.54) is 11.1 Å². The predicted octanol–water partition coefficient (Wildman–Crippen LogP) is 0.475. The lowest BCUT2D eigenvalue weighted by molar-refractivity contribution is 0.0650. The molecule has 1 radical (unpaired) electrons. The summed E-state index contributed by atoms with van der Waals surface area (Å²) in [6.07, 6.45) is 3.67. The van der Waals surface area contributed by atoms with Crippen molar-refractivity contribution in [3.63, 3.8) is 0 Å². The van der Waals surface area contributed by atoms with E-state index in [2.05, 4.69) is 5.10 Å². The van der Waals surface area contributed by atoms with E-state index in [1.54, 1.807) is 35.1 Å². The van der Waals surface area contributed by atoms with Gasteiger partial charge in [-0.3, -0.25) is 19.2 Å². The lowest BCUT2D eigenvalue weighted by Crippen LogP contribution is -2.31. The molecule has 22 heavy (non-hydrogen) atoms. The third-order valence-electron chi connectivity index (χ3n) is 3.45. The van der Waals surface area contributed by atoms with Crippen LogP contribution in [-0.4, -0.2) is 45.7 Å². The van der Waals surface area contributed by atoms with Gasteiger partial charge in [0.05, 0.1) is 23.5 Å². The third kappa shape index (κ3) is 2.60. The molecule has 1 aliphatic rings. The van der Waals surface area contributed by atoms with Crippen LogP contribution in [0.25, 0.3) is 0 Å². The minimum atomic E-state index is -0.250. The Morgan fingerprint density at radius 2 is 1.82 bits per heavy atom. The molecule has 2 heterocycles. The molecular weight excluding hydrogens is 285 g/mol. The molecule has 8 heteroatoms. The number of carbonyl (C=O) groups excluding carboxylic acids is 2. The van der Waals surface area contributed by atoms with Crippen molar-refractivity contribution in [2.24, 2.45) is 0 Å². The molecule has 1 aromatic carbocycles. The fourth-order valence-electron chi connectivity index (χ4n) is 2.42. The van der Waals surface area contributed by atoms with Crippen LogP contribution >= 0.6 is 0 Å². The summed E-state index contributed by atoms with van der Waals surface area (Å²) in [5.74, 6) is -0.0804. The number of amides is 2. The average Bonchev–Trinajstić information content (AvgIpc) is 3.07. The number of hydrogen-bond donors (Lipinski definition) is 1. The third-order valence-corrected chi connectivity index (χ3v) is 3.45. The monoisotopic (exact) mass is 298 g/mol. The highest BCUT2D eigenvalue weighted by molar-refractivity contribution is 6.21. The van der Waals surface area contributed by atoms with Gasteiger partial charge < -0.3 is 9.68 Å². The fourth-order valence-corrected chi connectivity index (χ4v) is 2.42. The van der Waals surface area contributed by atoms with E-state index in [0.29, 0.717) is 44.1 Å². The Morgan fingerprint density at radius 3 is 2.45 bits per heavy atom. The van der Waals surface area contributed by atoms with Gasteiger partial charge in [-0.05, 0) is 18.6 Å². The van der Waals surface area contributed by atoms with Crippen molar-refractivity contribution in [1.29, 1.82) is 0 Å². The number of aromatic nitrogens is 2. The van der Waals surface area contributed by atoms with Gasteiger partial charge in [-0.15, -0.1) is 0 Å². The first kappa shape index (κ1) is 14.3. The summed E-state index contributed by atoms with van der Waals surface area (Å²) in [4.78, 5) is 25.6. The molecular formula is C14H13BN3O4. The topological polar surface area (TPSA) is 84.7 Å². The molecule has 1 aromatic heterocycles. The molecule has 2 amide bonds. The number of carbonyl (C=O) groups is 2. The van der Waals surface area contributed by atoms with Gasteiger partial charge in [-0.1, -0.05) is 12.1 Å². The molecule has 0 aliphatic carbocycles. The zero-order chi connectivity index (χ0) is 15.5. The lowest BCUT2D eigenvalue weighted by atomic mass is 10.1. The first-order chi connectivity index (χ1) is 10.7. The molecule has 0 bridgehead atoms. The Morgan fingerprint density at radius 1 is 1.14 bits per heavy atom. The zero-order valence-corrected chi connectivity index (χ0v) is 11.7. The second kappa shape index (κ2) is 6.02. The van der Waals surface area contributed by atoms with Crippen LogP contribution in [0.5, 0.6) is 5.75 Å². The number of benzene rings is 1. The van der Waals surface area contributed by atoms with Crippen LogP contribution in [0.3, 0.4) is 0 Å². The van der Waals surface area contributed by atoms with Crippen molar-refractivity contribution >= 4 is 19.5 Å². The van der Waals surface area contributed by atoms with Crippen molar-refractivity contribution in [2.75, 3.05) is 6.54 Å². The summed E-state index contributed by atoms with van der Waals surface area (Å²) in [6, 6.07) is 6.82. The molecule has 0 spiro atoms. The SMILES string of the molecule is O=C1c2ccccc2C(=O)N1CCCn1cc(O[B]O)cn1. The highest BCUT2D eigenvalue weighted by Crippen LogP contribution is 2.22. The molecule has 3 rings (SSSR count). The van der Waals surface area contributed by atoms with E-state index in [-0.39, 0.29) is 11.8 Å². The normalized spacial score (nSPS) is 13.4. The van der Waals surface area contributed by atoms with Gasteiger partial charge in [0.15, 0.2) is 0 Å². The van der Waals surface area contributed by atoms with Crippen LogP contribution in [0.1, 0.15) is 27.1 Å². The van der Waals surface area contributed by atoms with E-state index in [4.69, 9.17) is 9.68 Å². The molecule has 0 atom stereocenters. The van der Waals surface area contributed by atoms with Crippen molar-refractivity contribution in [1.82, 2.24) is 14.7 Å². The number of hydrogen-bond acceptors (Lipinski definition) is 5. The number of aryl methyl sites for hydroxylation is 1. The standard InChI is InChI=1S/C14H13BN3O4/c19-13-11-4-1-2-5-12(11)14(20)18(13)7-3-6-17-9-10(8-16-17)22-15-21/h1-2,4-5,8-9,21H,3,6-7H2. The zero-order valence-electron chi connectivity index (χ0n) is 11.7. The van der Waals surface area contributed by atoms with Crippen LogP contribution in [-0.2, 0) is 6.54 Å². The van der Waals surface area contributed by atoms with Crippen molar-refractivity contribution in [2.45, 2.75) is 13.0 Å². The van der Waals surface area contributed by atoms with E-state index < -0.39 is 0 Å². The number of nitrogens with zero attached hydrogens (tertiary/aromatic N) is 3. The van der Waals surface area contributed by atoms with Crippen molar-refractivity contribution in [3.05, 3.63) is 47.8 Å². The molecule has 0 fully saturated rings. The average molecular weight is 298 g/mol. The van der Waals surface area contributed by atoms with Gasteiger partial charge in [0.1, 0.15) is 5.75 Å². The van der Waals surface area contributed by atoms with Crippen molar-refractivity contribution in [3.8, 4) is 5.75 Å². The van der Waals surface area contributed by atoms with Gasteiger partial charge in [0, 0.05) is 13.1 Å². The Labute approximate surface area is 127 Å². The summed E-state index contributed by atoms with van der Waals surface area (Å²) >= 11 is 0. The summed E-state index contributed by atoms with van der Waals surface area (Å²) in [5.41, 5.74) is 0.918. The Balaban J connectivity index is 1.58. The van der Waals surface area contributed by atoms with Crippen LogP contribution in [0.2, 0.25) is 0 Å². The van der Waals surface area contributed by atoms with Crippen LogP contribution in [0.4, 0.5) is 0 Å². The summed E-state index contributed by atoms with van der Waals surface area (Å²) < 4.78 is 6.39. The summed E-state index contributed by atoms with van der Waals surface area (Å²) in [6.45, 7) is 0.858. The Bertz CT molecular complexity index is 681. The molecule has 1 aliphatic heterocycles. The molecule has 0 saturated carbocycles. The fraction of sp³-hybridized carbons (Fsp3) is 0.214. The highest BCUT2D eigenvalue weighted by Gasteiger charge is 2.34. The first-order valence-corrected chi connectivity index (χ1v) is 6.81. The first-order valence-electron chi connectivity index (χ1n) is 6.81. The molecule has 0 saturated heterocycles. The minimum Gasteiger partial charge on any atom is -0.535 e. The number of rotatable bonds is 6. The Hall–Kier alpha value is -2.61. The second-order valence-electron chi connectivity index (χ2n) is 4.82. The second-order valence-corrected chi connectivity index (χ2v) is 4.82. The van der Waals surface area contributed by atoms with Crippen molar-refractivity contribution < 1.29 is 19.3 Å². The molecule has 0 unspecified atom stereocenters. The maximum absolute atomic E-state index is 12.2. The molecule has 111 valence electrons. The molecule has 7 nitrogen and oxygen atoms in total. The largest absolute Gasteiger partial charge is 0.569 e. The van der Waals surface area contributed by atoms with Crippen LogP contribution in [0.15, 0.2) is 36.7 Å². The molecule has 2 aromatic rings. The quantitative estimate of drug-likeness (QED) is 0.619. The highest BCUT2D eigenvalue weighted by atomic mass is 16.5. The number of fused-ring (bicyclic) bond motifs is 1.